The molecule has 3 fully saturated rings. The van der Waals surface area contributed by atoms with Gasteiger partial charge in [0.15, 0.2) is 0 Å². The molecule has 4 nitrogen and oxygen atoms in total. The van der Waals surface area contributed by atoms with E-state index in [0.29, 0.717) is 6.61 Å². The fourth-order valence-electron chi connectivity index (χ4n) is 4.37. The number of halogens is 1. The second kappa shape index (κ2) is 6.69. The molecule has 1 aromatic carbocycles. The Hall–Kier alpha value is -1.46. The van der Waals surface area contributed by atoms with Crippen LogP contribution >= 0.6 is 0 Å². The fourth-order valence-corrected chi connectivity index (χ4v) is 4.37. The highest BCUT2D eigenvalue weighted by atomic mass is 19.1. The maximum absolute atomic E-state index is 13.2. The monoisotopic (exact) mass is 348 g/mol. The molecule has 4 rings (SSSR count). The third kappa shape index (κ3) is 3.20. The van der Waals surface area contributed by atoms with E-state index >= 15 is 0 Å². The van der Waals surface area contributed by atoms with Gasteiger partial charge < -0.3 is 14.2 Å². The highest BCUT2D eigenvalue weighted by Gasteiger charge is 2.48. The zero-order chi connectivity index (χ0) is 17.3. The summed E-state index contributed by atoms with van der Waals surface area (Å²) >= 11 is 0. The summed E-state index contributed by atoms with van der Waals surface area (Å²) in [6.07, 6.45) is 5.50. The van der Waals surface area contributed by atoms with Crippen molar-refractivity contribution in [1.29, 1.82) is 0 Å². The summed E-state index contributed by atoms with van der Waals surface area (Å²) in [7, 11) is 0. The SMILES string of the molecule is O=C(OCC1CC2(CCOCC2)CO1)C1(c2ccc(F)cc2)CCC1. The van der Waals surface area contributed by atoms with Gasteiger partial charge in [-0.25, -0.2) is 4.39 Å². The summed E-state index contributed by atoms with van der Waals surface area (Å²) < 4.78 is 30.2. The van der Waals surface area contributed by atoms with Gasteiger partial charge in [0.25, 0.3) is 0 Å². The molecule has 2 saturated heterocycles. The van der Waals surface area contributed by atoms with Gasteiger partial charge in [0.2, 0.25) is 0 Å². The second-order valence-corrected chi connectivity index (χ2v) is 7.79. The van der Waals surface area contributed by atoms with Gasteiger partial charge in [0.1, 0.15) is 12.4 Å². The van der Waals surface area contributed by atoms with E-state index in [4.69, 9.17) is 14.2 Å². The molecule has 2 aliphatic heterocycles. The van der Waals surface area contributed by atoms with E-state index in [9.17, 15) is 9.18 Å². The Morgan fingerprint density at radius 2 is 1.88 bits per heavy atom. The van der Waals surface area contributed by atoms with E-state index in [-0.39, 0.29) is 23.3 Å². The molecule has 1 aromatic rings. The van der Waals surface area contributed by atoms with Crippen molar-refractivity contribution in [3.8, 4) is 0 Å². The number of benzene rings is 1. The number of hydrogen-bond donors (Lipinski definition) is 0. The van der Waals surface area contributed by atoms with Crippen LogP contribution in [0.25, 0.3) is 0 Å². The lowest BCUT2D eigenvalue weighted by Crippen LogP contribution is -2.44. The van der Waals surface area contributed by atoms with Crippen molar-refractivity contribution in [3.63, 3.8) is 0 Å². The van der Waals surface area contributed by atoms with Crippen molar-refractivity contribution < 1.29 is 23.4 Å². The summed E-state index contributed by atoms with van der Waals surface area (Å²) in [5.74, 6) is -0.477. The van der Waals surface area contributed by atoms with Gasteiger partial charge in [-0.05, 0) is 49.8 Å². The summed E-state index contributed by atoms with van der Waals surface area (Å²) in [5.41, 5.74) is 0.474. The van der Waals surface area contributed by atoms with Gasteiger partial charge >= 0.3 is 5.97 Å². The standard InChI is InChI=1S/C20H25FO4/c21-16-4-2-15(3-5-16)20(6-1-7-20)18(22)24-13-17-12-19(14-25-17)8-10-23-11-9-19/h2-5,17H,1,6-14H2. The normalized spacial score (nSPS) is 27.0. The molecule has 3 aliphatic rings. The van der Waals surface area contributed by atoms with Crippen LogP contribution in [0.3, 0.4) is 0 Å². The highest BCUT2D eigenvalue weighted by molar-refractivity contribution is 5.84. The molecule has 0 N–H and O–H groups in total. The van der Waals surface area contributed by atoms with Crippen LogP contribution in [0.1, 0.15) is 44.1 Å². The van der Waals surface area contributed by atoms with Crippen LogP contribution < -0.4 is 0 Å². The van der Waals surface area contributed by atoms with Crippen molar-refractivity contribution in [2.75, 3.05) is 26.4 Å². The second-order valence-electron chi connectivity index (χ2n) is 7.79. The summed E-state index contributed by atoms with van der Waals surface area (Å²) in [6, 6.07) is 6.24. The first kappa shape index (κ1) is 17.0. The number of ether oxygens (including phenoxy) is 3. The lowest BCUT2D eigenvalue weighted by atomic mass is 9.64. The Labute approximate surface area is 147 Å². The molecule has 1 spiro atoms. The smallest absolute Gasteiger partial charge is 0.316 e. The topological polar surface area (TPSA) is 44.8 Å². The minimum absolute atomic E-state index is 0.0209. The molecule has 0 aromatic heterocycles. The predicted octanol–water partition coefficient (Wildman–Crippen LogP) is 3.38. The largest absolute Gasteiger partial charge is 0.462 e. The van der Waals surface area contributed by atoms with Crippen molar-refractivity contribution in [1.82, 2.24) is 0 Å². The zero-order valence-corrected chi connectivity index (χ0v) is 14.5. The van der Waals surface area contributed by atoms with E-state index in [1.165, 1.54) is 12.1 Å². The number of carbonyl (C=O) groups is 1. The van der Waals surface area contributed by atoms with Crippen molar-refractivity contribution in [2.24, 2.45) is 5.41 Å². The Morgan fingerprint density at radius 1 is 1.16 bits per heavy atom. The Balaban J connectivity index is 1.36. The van der Waals surface area contributed by atoms with Gasteiger partial charge in [0, 0.05) is 18.6 Å². The Bertz CT molecular complexity index is 617. The minimum atomic E-state index is -0.595. The molecule has 0 bridgehead atoms. The van der Waals surface area contributed by atoms with E-state index < -0.39 is 5.41 Å². The first-order valence-corrected chi connectivity index (χ1v) is 9.25. The number of carbonyl (C=O) groups excluding carboxylic acids is 1. The molecule has 1 unspecified atom stereocenters. The van der Waals surface area contributed by atoms with E-state index in [1.807, 2.05) is 0 Å². The lowest BCUT2D eigenvalue weighted by molar-refractivity contribution is -0.157. The van der Waals surface area contributed by atoms with Crippen LogP contribution in [-0.4, -0.2) is 38.5 Å². The molecule has 1 saturated carbocycles. The lowest BCUT2D eigenvalue weighted by Gasteiger charge is -2.39. The van der Waals surface area contributed by atoms with Crippen molar-refractivity contribution in [3.05, 3.63) is 35.6 Å². The molecular weight excluding hydrogens is 323 g/mol. The minimum Gasteiger partial charge on any atom is -0.462 e. The molecule has 1 aliphatic carbocycles. The van der Waals surface area contributed by atoms with Crippen LogP contribution in [0.15, 0.2) is 24.3 Å². The van der Waals surface area contributed by atoms with Crippen LogP contribution in [-0.2, 0) is 24.4 Å². The molecule has 0 amide bonds. The molecule has 25 heavy (non-hydrogen) atoms. The van der Waals surface area contributed by atoms with Crippen molar-refractivity contribution in [2.45, 2.75) is 50.0 Å². The average Bonchev–Trinajstić information content (AvgIpc) is 2.97. The van der Waals surface area contributed by atoms with Gasteiger partial charge in [-0.2, -0.15) is 0 Å². The highest BCUT2D eigenvalue weighted by Crippen LogP contribution is 2.45. The maximum atomic E-state index is 13.2. The Morgan fingerprint density at radius 3 is 2.52 bits per heavy atom. The van der Waals surface area contributed by atoms with E-state index in [1.54, 1.807) is 12.1 Å². The van der Waals surface area contributed by atoms with Gasteiger partial charge in [-0.3, -0.25) is 4.79 Å². The van der Waals surface area contributed by atoms with Crippen LogP contribution in [0, 0.1) is 11.2 Å². The van der Waals surface area contributed by atoms with Crippen LogP contribution in [0.5, 0.6) is 0 Å². The van der Waals surface area contributed by atoms with Crippen molar-refractivity contribution >= 4 is 5.97 Å². The predicted molar refractivity (Wildman–Crippen MR) is 89.7 cm³/mol. The Kier molecular flexibility index (Phi) is 4.54. The molecule has 1 atom stereocenters. The van der Waals surface area contributed by atoms with E-state index in [2.05, 4.69) is 0 Å². The molecule has 0 radical (unpaired) electrons. The maximum Gasteiger partial charge on any atom is 0.316 e. The van der Waals surface area contributed by atoms with Gasteiger partial charge in [-0.1, -0.05) is 18.6 Å². The first-order valence-electron chi connectivity index (χ1n) is 9.25. The third-order valence-corrected chi connectivity index (χ3v) is 6.23. The molecule has 136 valence electrons. The summed E-state index contributed by atoms with van der Waals surface area (Å²) in [5, 5.41) is 0. The molecule has 2 heterocycles. The summed E-state index contributed by atoms with van der Waals surface area (Å²) in [4.78, 5) is 12.8. The van der Waals surface area contributed by atoms with Crippen LogP contribution in [0.4, 0.5) is 4.39 Å². The fraction of sp³-hybridized carbons (Fsp3) is 0.650. The first-order chi connectivity index (χ1) is 12.1. The third-order valence-electron chi connectivity index (χ3n) is 6.23. The molecular formula is C20H25FO4. The number of hydrogen-bond acceptors (Lipinski definition) is 4. The quantitative estimate of drug-likeness (QED) is 0.783. The average molecular weight is 348 g/mol. The van der Waals surface area contributed by atoms with Crippen LogP contribution in [0.2, 0.25) is 0 Å². The number of esters is 1. The molecule has 5 heteroatoms. The van der Waals surface area contributed by atoms with E-state index in [0.717, 1.165) is 63.9 Å². The van der Waals surface area contributed by atoms with Gasteiger partial charge in [-0.15, -0.1) is 0 Å². The van der Waals surface area contributed by atoms with Gasteiger partial charge in [0.05, 0.1) is 18.1 Å². The summed E-state index contributed by atoms with van der Waals surface area (Å²) in [6.45, 7) is 2.64. The number of rotatable bonds is 4. The zero-order valence-electron chi connectivity index (χ0n) is 14.5.